The highest BCUT2D eigenvalue weighted by Gasteiger charge is 2.43. The van der Waals surface area contributed by atoms with Gasteiger partial charge in [0, 0.05) is 11.6 Å². The van der Waals surface area contributed by atoms with E-state index in [0.29, 0.717) is 23.9 Å². The van der Waals surface area contributed by atoms with Gasteiger partial charge in [0.2, 0.25) is 0 Å². The van der Waals surface area contributed by atoms with Crippen molar-refractivity contribution in [2.24, 2.45) is 5.92 Å². The van der Waals surface area contributed by atoms with Gasteiger partial charge in [-0.2, -0.15) is 13.2 Å². The Morgan fingerprint density at radius 3 is 2.79 bits per heavy atom. The van der Waals surface area contributed by atoms with Crippen LogP contribution in [0.25, 0.3) is 0 Å². The zero-order valence-corrected chi connectivity index (χ0v) is 13.4. The van der Waals surface area contributed by atoms with E-state index in [-0.39, 0.29) is 5.75 Å². The first-order valence-electron chi connectivity index (χ1n) is 8.18. The molecular weight excluding hydrogens is 323 g/mol. The van der Waals surface area contributed by atoms with Crippen molar-refractivity contribution in [1.29, 1.82) is 0 Å². The standard InChI is InChI=1S/C17H20F3NO3/c1-2-6-21-7-5-11-8-12-10(9-13(11)21)3-4-14(15(12)22)24-16(23)17(18,19)20/h3-4,11,13,22H,2,5-9H2,1H3. The summed E-state index contributed by atoms with van der Waals surface area (Å²) in [5.74, 6) is -2.69. The summed E-state index contributed by atoms with van der Waals surface area (Å²) in [6, 6.07) is 3.32. The average molecular weight is 343 g/mol. The summed E-state index contributed by atoms with van der Waals surface area (Å²) < 4.78 is 41.3. The van der Waals surface area contributed by atoms with Gasteiger partial charge in [0.25, 0.3) is 0 Å². The van der Waals surface area contributed by atoms with Crippen molar-refractivity contribution in [3.63, 3.8) is 0 Å². The molecule has 3 rings (SSSR count). The van der Waals surface area contributed by atoms with Crippen LogP contribution in [0.3, 0.4) is 0 Å². The maximum Gasteiger partial charge on any atom is 0.491 e. The number of ether oxygens (including phenoxy) is 1. The SMILES string of the molecule is CCCN1CCC2Cc3c(ccc(OC(=O)C(F)(F)F)c3O)CC21. The fraction of sp³-hybridized carbons (Fsp3) is 0.588. The summed E-state index contributed by atoms with van der Waals surface area (Å²) in [5, 5.41) is 10.3. The number of benzene rings is 1. The van der Waals surface area contributed by atoms with E-state index in [2.05, 4.69) is 16.6 Å². The summed E-state index contributed by atoms with van der Waals surface area (Å²) >= 11 is 0. The molecule has 0 saturated carbocycles. The second-order valence-electron chi connectivity index (χ2n) is 6.50. The molecule has 24 heavy (non-hydrogen) atoms. The predicted octanol–water partition coefficient (Wildman–Crippen LogP) is 3.06. The number of alkyl halides is 3. The smallest absolute Gasteiger partial charge is 0.491 e. The molecular formula is C17H20F3NO3. The van der Waals surface area contributed by atoms with Crippen molar-refractivity contribution in [3.8, 4) is 11.5 Å². The highest BCUT2D eigenvalue weighted by molar-refractivity contribution is 5.79. The van der Waals surface area contributed by atoms with Gasteiger partial charge in [0.05, 0.1) is 0 Å². The van der Waals surface area contributed by atoms with E-state index in [1.807, 2.05) is 0 Å². The number of aromatic hydroxyl groups is 1. The summed E-state index contributed by atoms with van der Waals surface area (Å²) in [5.41, 5.74) is 1.53. The lowest BCUT2D eigenvalue weighted by atomic mass is 9.80. The van der Waals surface area contributed by atoms with Crippen LogP contribution in [0.4, 0.5) is 13.2 Å². The number of nitrogens with zero attached hydrogens (tertiary/aromatic N) is 1. The lowest BCUT2D eigenvalue weighted by molar-refractivity contribution is -0.189. The molecule has 0 aromatic heterocycles. The largest absolute Gasteiger partial charge is 0.504 e. The lowest BCUT2D eigenvalue weighted by Crippen LogP contribution is -2.38. The number of phenols is 1. The van der Waals surface area contributed by atoms with Crippen LogP contribution in [0.2, 0.25) is 0 Å². The summed E-state index contributed by atoms with van der Waals surface area (Å²) in [7, 11) is 0. The summed E-state index contributed by atoms with van der Waals surface area (Å²) in [6.45, 7) is 4.18. The third kappa shape index (κ3) is 3.09. The van der Waals surface area contributed by atoms with E-state index < -0.39 is 17.9 Å². The summed E-state index contributed by atoms with van der Waals surface area (Å²) in [4.78, 5) is 13.4. The normalized spacial score (nSPS) is 23.7. The average Bonchev–Trinajstić information content (AvgIpc) is 2.90. The number of esters is 1. The Kier molecular flexibility index (Phi) is 4.46. The predicted molar refractivity (Wildman–Crippen MR) is 81.0 cm³/mol. The third-order valence-corrected chi connectivity index (χ3v) is 4.98. The minimum Gasteiger partial charge on any atom is -0.504 e. The molecule has 2 aliphatic rings. The number of carbonyl (C=O) groups excluding carboxylic acids is 1. The Balaban J connectivity index is 1.83. The van der Waals surface area contributed by atoms with Crippen LogP contribution in [-0.4, -0.2) is 41.3 Å². The van der Waals surface area contributed by atoms with Gasteiger partial charge in [-0.15, -0.1) is 0 Å². The highest BCUT2D eigenvalue weighted by atomic mass is 19.4. The number of hydrogen-bond acceptors (Lipinski definition) is 4. The number of halogens is 3. The Bertz CT molecular complexity index is 645. The molecule has 1 N–H and O–H groups in total. The van der Waals surface area contributed by atoms with E-state index in [4.69, 9.17) is 0 Å². The van der Waals surface area contributed by atoms with Crippen LogP contribution in [0.5, 0.6) is 11.5 Å². The van der Waals surface area contributed by atoms with Crippen molar-refractivity contribution < 1.29 is 27.8 Å². The Morgan fingerprint density at radius 1 is 1.38 bits per heavy atom. The van der Waals surface area contributed by atoms with E-state index >= 15 is 0 Å². The molecule has 7 heteroatoms. The van der Waals surface area contributed by atoms with Crippen molar-refractivity contribution in [1.82, 2.24) is 4.90 Å². The van der Waals surface area contributed by atoms with Crippen LogP contribution in [0.15, 0.2) is 12.1 Å². The number of likely N-dealkylation sites (tertiary alicyclic amines) is 1. The molecule has 1 aromatic carbocycles. The fourth-order valence-electron chi connectivity index (χ4n) is 3.89. The zero-order valence-electron chi connectivity index (χ0n) is 13.4. The molecule has 4 nitrogen and oxygen atoms in total. The molecule has 0 spiro atoms. The Labute approximate surface area is 138 Å². The molecule has 1 heterocycles. The van der Waals surface area contributed by atoms with E-state index in [1.165, 1.54) is 6.07 Å². The molecule has 2 atom stereocenters. The van der Waals surface area contributed by atoms with E-state index in [9.17, 15) is 23.1 Å². The summed E-state index contributed by atoms with van der Waals surface area (Å²) in [6.07, 6.45) is -1.63. The molecule has 0 amide bonds. The quantitative estimate of drug-likeness (QED) is 0.677. The fourth-order valence-corrected chi connectivity index (χ4v) is 3.89. The number of fused-ring (bicyclic) bond motifs is 2. The van der Waals surface area contributed by atoms with Crippen LogP contribution in [0.1, 0.15) is 30.9 Å². The van der Waals surface area contributed by atoms with Crippen molar-refractivity contribution in [3.05, 3.63) is 23.3 Å². The monoisotopic (exact) mass is 343 g/mol. The minimum absolute atomic E-state index is 0.336. The van der Waals surface area contributed by atoms with Crippen LogP contribution >= 0.6 is 0 Å². The highest BCUT2D eigenvalue weighted by Crippen LogP contribution is 2.42. The zero-order chi connectivity index (χ0) is 17.5. The van der Waals surface area contributed by atoms with Crippen LogP contribution in [0, 0.1) is 5.92 Å². The molecule has 1 aromatic rings. The van der Waals surface area contributed by atoms with Crippen LogP contribution in [-0.2, 0) is 17.6 Å². The molecule has 1 saturated heterocycles. The van der Waals surface area contributed by atoms with Gasteiger partial charge >= 0.3 is 12.1 Å². The minimum atomic E-state index is -5.08. The maximum absolute atomic E-state index is 12.3. The van der Waals surface area contributed by atoms with Crippen molar-refractivity contribution >= 4 is 5.97 Å². The van der Waals surface area contributed by atoms with Gasteiger partial charge < -0.3 is 9.84 Å². The Morgan fingerprint density at radius 2 is 2.12 bits per heavy atom. The molecule has 1 aliphatic heterocycles. The van der Waals surface area contributed by atoms with Gasteiger partial charge in [-0.3, -0.25) is 4.90 Å². The second-order valence-corrected chi connectivity index (χ2v) is 6.50. The van der Waals surface area contributed by atoms with Gasteiger partial charge in [0.1, 0.15) is 0 Å². The molecule has 0 radical (unpaired) electrons. The number of carbonyl (C=O) groups is 1. The first-order chi connectivity index (χ1) is 11.3. The molecule has 132 valence electrons. The van der Waals surface area contributed by atoms with Crippen molar-refractivity contribution in [2.45, 2.75) is 44.8 Å². The number of hydrogen-bond donors (Lipinski definition) is 1. The van der Waals surface area contributed by atoms with Gasteiger partial charge in [0.15, 0.2) is 11.5 Å². The van der Waals surface area contributed by atoms with Crippen molar-refractivity contribution in [2.75, 3.05) is 13.1 Å². The third-order valence-electron chi connectivity index (χ3n) is 4.98. The van der Waals surface area contributed by atoms with E-state index in [0.717, 1.165) is 37.9 Å². The first-order valence-corrected chi connectivity index (χ1v) is 8.18. The van der Waals surface area contributed by atoms with Gasteiger partial charge in [-0.1, -0.05) is 13.0 Å². The van der Waals surface area contributed by atoms with Gasteiger partial charge in [-0.05, 0) is 56.3 Å². The maximum atomic E-state index is 12.3. The molecule has 1 aliphatic carbocycles. The van der Waals surface area contributed by atoms with E-state index in [1.54, 1.807) is 6.07 Å². The lowest BCUT2D eigenvalue weighted by Gasteiger charge is -2.33. The number of rotatable bonds is 3. The topological polar surface area (TPSA) is 49.8 Å². The molecule has 2 unspecified atom stereocenters. The molecule has 0 bridgehead atoms. The number of phenolic OH excluding ortho intramolecular Hbond substituents is 1. The van der Waals surface area contributed by atoms with Gasteiger partial charge in [-0.25, -0.2) is 4.79 Å². The first kappa shape index (κ1) is 17.1. The molecule has 1 fully saturated rings. The van der Waals surface area contributed by atoms with Crippen LogP contribution < -0.4 is 4.74 Å². The Hall–Kier alpha value is -1.76. The second kappa shape index (κ2) is 6.27.